The average Bonchev–Trinajstić information content (AvgIpc) is 3.49. The Balaban J connectivity index is 0.000000241. The summed E-state index contributed by atoms with van der Waals surface area (Å²) in [4.78, 5) is 49.4. The number of hydrogen-bond donors (Lipinski definition) is 1. The average molecular weight is 891 g/mol. The third-order valence-corrected chi connectivity index (χ3v) is 10.9. The Morgan fingerprint density at radius 2 is 1.06 bits per heavy atom. The number of nitrogens with zero attached hydrogens (tertiary/aromatic N) is 2. The van der Waals surface area contributed by atoms with Crippen molar-refractivity contribution in [2.75, 3.05) is 74.7 Å². The van der Waals surface area contributed by atoms with Crippen molar-refractivity contribution in [1.29, 1.82) is 0 Å². The van der Waals surface area contributed by atoms with Gasteiger partial charge in [0.1, 0.15) is 35.8 Å². The maximum Gasteiger partial charge on any atom is 0.343 e. The molecule has 0 unspecified atom stereocenters. The van der Waals surface area contributed by atoms with E-state index in [9.17, 15) is 24.3 Å². The van der Waals surface area contributed by atoms with Crippen molar-refractivity contribution >= 4 is 11.9 Å². The number of rotatable bonds is 15. The Labute approximate surface area is 373 Å². The standard InChI is InChI=1S/C25H33NO7.C23H29NO7/c1-7-31-24(28)17-14-26-18(12-19(17)27)16-11-21(30-6)22(32-10-8-9-29-5)13-20(16)33-15-23(26)25(2,3)4;1-23(2,3)21-13-31-18-11-20(30-8-6-7-28-4)19(29-5)9-14(18)16-10-17(25)15(22(26)27)12-24(16)21/h11-14,23H,7-10,15H2,1-6H3;9-12,21H,6-8,13H2,1-5H3,(H,26,27)/t23-;21-/m00/s1. The van der Waals surface area contributed by atoms with Crippen LogP contribution in [0.25, 0.3) is 22.5 Å². The lowest BCUT2D eigenvalue weighted by molar-refractivity contribution is 0.0521. The van der Waals surface area contributed by atoms with Gasteiger partial charge in [0, 0.05) is 88.1 Å². The van der Waals surface area contributed by atoms with Crippen LogP contribution in [0.5, 0.6) is 34.5 Å². The first-order valence-corrected chi connectivity index (χ1v) is 21.2. The van der Waals surface area contributed by atoms with Crippen LogP contribution in [0.2, 0.25) is 0 Å². The molecule has 6 rings (SSSR count). The summed E-state index contributed by atoms with van der Waals surface area (Å²) in [5.74, 6) is 1.35. The van der Waals surface area contributed by atoms with Gasteiger partial charge in [0.15, 0.2) is 33.9 Å². The van der Waals surface area contributed by atoms with E-state index in [1.54, 1.807) is 65.8 Å². The topological polar surface area (TPSA) is 181 Å². The quantitative estimate of drug-likeness (QED) is 0.0905. The lowest BCUT2D eigenvalue weighted by atomic mass is 9.86. The van der Waals surface area contributed by atoms with Crippen LogP contribution in [0.15, 0.2) is 58.4 Å². The van der Waals surface area contributed by atoms with Crippen LogP contribution in [0, 0.1) is 10.8 Å². The minimum absolute atomic E-state index is 0.00311. The van der Waals surface area contributed by atoms with E-state index < -0.39 is 22.8 Å². The Kier molecular flexibility index (Phi) is 16.2. The molecule has 2 aromatic carbocycles. The van der Waals surface area contributed by atoms with E-state index in [0.717, 1.165) is 12.8 Å². The molecule has 0 bridgehead atoms. The van der Waals surface area contributed by atoms with Crippen LogP contribution >= 0.6 is 0 Å². The van der Waals surface area contributed by atoms with Crippen molar-refractivity contribution in [1.82, 2.24) is 9.13 Å². The summed E-state index contributed by atoms with van der Waals surface area (Å²) < 4.78 is 54.2. The number of aromatic nitrogens is 2. The fraction of sp³-hybridized carbons (Fsp3) is 0.500. The maximum atomic E-state index is 12.9. The number of pyridine rings is 2. The largest absolute Gasteiger partial charge is 0.493 e. The van der Waals surface area contributed by atoms with E-state index in [1.165, 1.54) is 18.3 Å². The normalized spacial score (nSPS) is 15.2. The monoisotopic (exact) mass is 890 g/mol. The van der Waals surface area contributed by atoms with E-state index >= 15 is 0 Å². The third kappa shape index (κ3) is 11.2. The molecular weight excluding hydrogens is 829 g/mol. The number of carboxylic acids is 1. The van der Waals surface area contributed by atoms with Crippen LogP contribution in [0.4, 0.5) is 0 Å². The predicted octanol–water partition coefficient (Wildman–Crippen LogP) is 7.71. The molecule has 4 aromatic rings. The molecule has 0 fully saturated rings. The van der Waals surface area contributed by atoms with Crippen molar-refractivity contribution in [2.45, 2.75) is 73.4 Å². The third-order valence-electron chi connectivity index (χ3n) is 10.9. The molecule has 348 valence electrons. The fourth-order valence-electron chi connectivity index (χ4n) is 7.44. The van der Waals surface area contributed by atoms with E-state index in [0.29, 0.717) is 96.7 Å². The minimum atomic E-state index is -1.25. The molecule has 4 heterocycles. The zero-order chi connectivity index (χ0) is 46.9. The molecule has 2 atom stereocenters. The lowest BCUT2D eigenvalue weighted by Gasteiger charge is -2.32. The molecule has 16 heteroatoms. The first-order chi connectivity index (χ1) is 30.4. The number of hydrogen-bond acceptors (Lipinski definition) is 13. The van der Waals surface area contributed by atoms with Crippen LogP contribution in [0.1, 0.15) is 94.1 Å². The molecule has 0 saturated carbocycles. The lowest BCUT2D eigenvalue weighted by Crippen LogP contribution is -2.31. The van der Waals surface area contributed by atoms with Crippen molar-refractivity contribution in [3.05, 3.63) is 80.4 Å². The van der Waals surface area contributed by atoms with Crippen molar-refractivity contribution in [2.24, 2.45) is 10.8 Å². The summed E-state index contributed by atoms with van der Waals surface area (Å²) in [6.07, 6.45) is 4.46. The van der Waals surface area contributed by atoms with Gasteiger partial charge in [0.2, 0.25) is 0 Å². The molecule has 2 aliphatic rings. The summed E-state index contributed by atoms with van der Waals surface area (Å²) in [6.45, 7) is 17.1. The molecule has 16 nitrogen and oxygen atoms in total. The molecular formula is C48H62N2O14. The van der Waals surface area contributed by atoms with E-state index in [4.69, 9.17) is 42.6 Å². The van der Waals surface area contributed by atoms with Gasteiger partial charge in [-0.05, 0) is 29.9 Å². The molecule has 0 amide bonds. The van der Waals surface area contributed by atoms with Gasteiger partial charge in [0.05, 0.1) is 57.5 Å². The van der Waals surface area contributed by atoms with Gasteiger partial charge in [-0.3, -0.25) is 9.59 Å². The van der Waals surface area contributed by atoms with Crippen LogP contribution in [-0.4, -0.2) is 101 Å². The van der Waals surface area contributed by atoms with Gasteiger partial charge in [-0.25, -0.2) is 9.59 Å². The number of carbonyl (C=O) groups excluding carboxylic acids is 1. The van der Waals surface area contributed by atoms with E-state index in [1.807, 2.05) is 29.9 Å². The van der Waals surface area contributed by atoms with Gasteiger partial charge in [-0.15, -0.1) is 0 Å². The SMILES string of the molecule is CCOC(=O)c1cn2c(cc1=O)-c1cc(OC)c(OCCCOC)cc1OC[C@H]2C(C)(C)C.COCCCOc1cc2c(cc1OC)-c1cc(=O)c(C(=O)O)cn1[C@H](C(C)(C)C)CO2. The number of ether oxygens (including phenoxy) is 9. The van der Waals surface area contributed by atoms with E-state index in [-0.39, 0.29) is 40.6 Å². The number of methoxy groups -OCH3 is 4. The molecule has 1 N–H and O–H groups in total. The fourth-order valence-corrected chi connectivity index (χ4v) is 7.44. The van der Waals surface area contributed by atoms with Crippen LogP contribution in [0.3, 0.4) is 0 Å². The van der Waals surface area contributed by atoms with Gasteiger partial charge in [-0.2, -0.15) is 0 Å². The smallest absolute Gasteiger partial charge is 0.343 e. The summed E-state index contributed by atoms with van der Waals surface area (Å²) in [7, 11) is 6.39. The molecule has 0 aliphatic carbocycles. The second kappa shape index (κ2) is 21.1. The molecule has 0 radical (unpaired) electrons. The summed E-state index contributed by atoms with van der Waals surface area (Å²) >= 11 is 0. The highest BCUT2D eigenvalue weighted by Crippen LogP contribution is 2.47. The second-order valence-corrected chi connectivity index (χ2v) is 17.5. The Morgan fingerprint density at radius 1 is 0.641 bits per heavy atom. The minimum Gasteiger partial charge on any atom is -0.493 e. The second-order valence-electron chi connectivity index (χ2n) is 17.5. The number of carbonyl (C=O) groups is 2. The molecule has 0 spiro atoms. The molecule has 2 aliphatic heterocycles. The first-order valence-electron chi connectivity index (χ1n) is 21.2. The zero-order valence-electron chi connectivity index (χ0n) is 38.8. The molecule has 2 aromatic heterocycles. The van der Waals surface area contributed by atoms with Gasteiger partial charge < -0.3 is 56.9 Å². The molecule has 64 heavy (non-hydrogen) atoms. The van der Waals surface area contributed by atoms with Crippen LogP contribution in [-0.2, 0) is 14.2 Å². The first kappa shape index (κ1) is 49.0. The Morgan fingerprint density at radius 3 is 1.44 bits per heavy atom. The van der Waals surface area contributed by atoms with Crippen molar-refractivity contribution in [3.8, 4) is 57.0 Å². The summed E-state index contributed by atoms with van der Waals surface area (Å²) in [5.41, 5.74) is 0.840. The van der Waals surface area contributed by atoms with Crippen molar-refractivity contribution in [3.63, 3.8) is 0 Å². The predicted molar refractivity (Wildman–Crippen MR) is 240 cm³/mol. The maximum absolute atomic E-state index is 12.9. The Bertz CT molecular complexity index is 2410. The van der Waals surface area contributed by atoms with Crippen LogP contribution < -0.4 is 39.3 Å². The highest BCUT2D eigenvalue weighted by molar-refractivity contribution is 5.90. The van der Waals surface area contributed by atoms with Crippen molar-refractivity contribution < 1.29 is 57.3 Å². The highest BCUT2D eigenvalue weighted by Gasteiger charge is 2.35. The molecule has 0 saturated heterocycles. The highest BCUT2D eigenvalue weighted by atomic mass is 16.5. The summed E-state index contributed by atoms with van der Waals surface area (Å²) in [6, 6.07) is 9.59. The number of benzene rings is 2. The summed E-state index contributed by atoms with van der Waals surface area (Å²) in [5, 5.41) is 9.47. The zero-order valence-corrected chi connectivity index (χ0v) is 38.8. The number of fused-ring (bicyclic) bond motifs is 6. The Hall–Kier alpha value is -6.00. The van der Waals surface area contributed by atoms with Gasteiger partial charge in [0.25, 0.3) is 0 Å². The van der Waals surface area contributed by atoms with Gasteiger partial charge >= 0.3 is 11.9 Å². The van der Waals surface area contributed by atoms with E-state index in [2.05, 4.69) is 20.8 Å². The number of esters is 1. The number of carboxylic acid groups (broad SMARTS) is 1. The number of aromatic carboxylic acids is 1. The van der Waals surface area contributed by atoms with Gasteiger partial charge in [-0.1, -0.05) is 41.5 Å².